The average molecular weight is 340 g/mol. The molecule has 2 aromatic rings. The van der Waals surface area contributed by atoms with E-state index in [1.807, 2.05) is 45.0 Å². The Hall–Kier alpha value is -2.89. The molecule has 0 aliphatic carbocycles. The van der Waals surface area contributed by atoms with Crippen molar-refractivity contribution in [1.29, 1.82) is 0 Å². The van der Waals surface area contributed by atoms with Crippen LogP contribution in [0.2, 0.25) is 0 Å². The molecule has 0 fully saturated rings. The van der Waals surface area contributed by atoms with Crippen LogP contribution < -0.4 is 9.64 Å². The second-order valence-electron chi connectivity index (χ2n) is 6.54. The molecular weight excluding hydrogens is 320 g/mol. The molecule has 25 heavy (non-hydrogen) atoms. The van der Waals surface area contributed by atoms with Gasteiger partial charge < -0.3 is 9.64 Å². The van der Waals surface area contributed by atoms with Gasteiger partial charge in [-0.2, -0.15) is 0 Å². The van der Waals surface area contributed by atoms with Crippen molar-refractivity contribution in [3.05, 3.63) is 63.7 Å². The number of ether oxygens (including phenoxy) is 1. The summed E-state index contributed by atoms with van der Waals surface area (Å²) < 4.78 is 5.80. The third kappa shape index (κ3) is 3.20. The van der Waals surface area contributed by atoms with Crippen LogP contribution in [0.3, 0.4) is 0 Å². The van der Waals surface area contributed by atoms with Gasteiger partial charge in [0.25, 0.3) is 11.6 Å². The summed E-state index contributed by atoms with van der Waals surface area (Å²) in [4.78, 5) is 25.2. The van der Waals surface area contributed by atoms with Crippen LogP contribution in [0.25, 0.3) is 0 Å². The molecule has 0 radical (unpaired) electrons. The third-order valence-corrected chi connectivity index (χ3v) is 4.40. The first kappa shape index (κ1) is 17.0. The lowest BCUT2D eigenvalue weighted by Crippen LogP contribution is -2.48. The Morgan fingerprint density at radius 2 is 1.96 bits per heavy atom. The van der Waals surface area contributed by atoms with E-state index >= 15 is 0 Å². The van der Waals surface area contributed by atoms with Crippen LogP contribution >= 0.6 is 0 Å². The number of carbonyl (C=O) groups is 1. The number of anilines is 1. The first-order valence-electron chi connectivity index (χ1n) is 8.19. The molecule has 2 aromatic carbocycles. The van der Waals surface area contributed by atoms with E-state index in [-0.39, 0.29) is 17.5 Å². The van der Waals surface area contributed by atoms with E-state index in [2.05, 4.69) is 0 Å². The lowest BCUT2D eigenvalue weighted by Gasteiger charge is -2.36. The number of benzene rings is 2. The average Bonchev–Trinajstić information content (AvgIpc) is 2.58. The molecule has 1 aliphatic heterocycles. The highest BCUT2D eigenvalue weighted by molar-refractivity contribution is 6.00. The zero-order valence-electron chi connectivity index (χ0n) is 14.4. The van der Waals surface area contributed by atoms with E-state index in [1.165, 1.54) is 12.1 Å². The predicted molar refractivity (Wildman–Crippen MR) is 94.7 cm³/mol. The van der Waals surface area contributed by atoms with E-state index < -0.39 is 11.0 Å². The SMILES string of the molecule is Cc1ccccc1CN1C(=O)C(C(C)C)Oc2cc([N+](=O)[O-])ccc21. The van der Waals surface area contributed by atoms with Crippen molar-refractivity contribution in [3.8, 4) is 5.75 Å². The molecule has 3 rings (SSSR count). The van der Waals surface area contributed by atoms with Gasteiger partial charge in [-0.1, -0.05) is 38.1 Å². The molecule has 0 aromatic heterocycles. The van der Waals surface area contributed by atoms with Crippen LogP contribution in [0.4, 0.5) is 11.4 Å². The maximum Gasteiger partial charge on any atom is 0.273 e. The zero-order valence-corrected chi connectivity index (χ0v) is 14.4. The molecule has 1 heterocycles. The van der Waals surface area contributed by atoms with E-state index in [1.54, 1.807) is 11.0 Å². The summed E-state index contributed by atoms with van der Waals surface area (Å²) in [6.45, 7) is 6.20. The van der Waals surface area contributed by atoms with Crippen molar-refractivity contribution in [1.82, 2.24) is 0 Å². The minimum absolute atomic E-state index is 0.0423. The summed E-state index contributed by atoms with van der Waals surface area (Å²) in [7, 11) is 0. The lowest BCUT2D eigenvalue weighted by atomic mass is 10.0. The van der Waals surface area contributed by atoms with Crippen LogP contribution in [0.1, 0.15) is 25.0 Å². The van der Waals surface area contributed by atoms with Crippen LogP contribution in [0.15, 0.2) is 42.5 Å². The van der Waals surface area contributed by atoms with Gasteiger partial charge in [-0.05, 0) is 30.0 Å². The van der Waals surface area contributed by atoms with Crippen molar-refractivity contribution in [3.63, 3.8) is 0 Å². The highest BCUT2D eigenvalue weighted by Crippen LogP contribution is 2.39. The number of rotatable bonds is 4. The fourth-order valence-electron chi connectivity index (χ4n) is 2.94. The number of aryl methyl sites for hydroxylation is 1. The van der Waals surface area contributed by atoms with Gasteiger partial charge in [0.05, 0.1) is 23.2 Å². The molecule has 6 nitrogen and oxygen atoms in total. The first-order valence-corrected chi connectivity index (χ1v) is 8.19. The maximum absolute atomic E-state index is 12.9. The number of hydrogen-bond acceptors (Lipinski definition) is 4. The minimum Gasteiger partial charge on any atom is -0.478 e. The Morgan fingerprint density at radius 3 is 2.60 bits per heavy atom. The Morgan fingerprint density at radius 1 is 1.24 bits per heavy atom. The van der Waals surface area contributed by atoms with Gasteiger partial charge >= 0.3 is 0 Å². The standard InChI is InChI=1S/C19H20N2O4/c1-12(2)18-19(22)20(11-14-7-5-4-6-13(14)3)16-9-8-15(21(23)24)10-17(16)25-18/h4-10,12,18H,11H2,1-3H3. The summed E-state index contributed by atoms with van der Waals surface area (Å²) in [5.74, 6) is 0.208. The molecule has 1 aliphatic rings. The Labute approximate surface area is 146 Å². The highest BCUT2D eigenvalue weighted by atomic mass is 16.6. The van der Waals surface area contributed by atoms with E-state index in [4.69, 9.17) is 4.74 Å². The number of amides is 1. The number of nitro groups is 1. The van der Waals surface area contributed by atoms with Crippen LogP contribution in [-0.2, 0) is 11.3 Å². The number of fused-ring (bicyclic) bond motifs is 1. The fourth-order valence-corrected chi connectivity index (χ4v) is 2.94. The molecule has 1 atom stereocenters. The third-order valence-electron chi connectivity index (χ3n) is 4.40. The maximum atomic E-state index is 12.9. The van der Waals surface area contributed by atoms with E-state index in [9.17, 15) is 14.9 Å². The summed E-state index contributed by atoms with van der Waals surface area (Å²) in [5, 5.41) is 11.1. The smallest absolute Gasteiger partial charge is 0.273 e. The summed E-state index contributed by atoms with van der Waals surface area (Å²) in [6.07, 6.45) is -0.654. The van der Waals surface area contributed by atoms with E-state index in [0.717, 1.165) is 11.1 Å². The normalized spacial score (nSPS) is 16.6. The van der Waals surface area contributed by atoms with Crippen molar-refractivity contribution in [2.45, 2.75) is 33.4 Å². The number of non-ortho nitro benzene ring substituents is 1. The Bertz CT molecular complexity index is 832. The lowest BCUT2D eigenvalue weighted by molar-refractivity contribution is -0.384. The van der Waals surface area contributed by atoms with Crippen LogP contribution in [-0.4, -0.2) is 16.9 Å². The number of nitro benzene ring substituents is 1. The van der Waals surface area contributed by atoms with Crippen LogP contribution in [0, 0.1) is 23.0 Å². The fraction of sp³-hybridized carbons (Fsp3) is 0.316. The van der Waals surface area contributed by atoms with Gasteiger partial charge in [0, 0.05) is 6.07 Å². The van der Waals surface area contributed by atoms with Crippen molar-refractivity contribution in [2.24, 2.45) is 5.92 Å². The van der Waals surface area contributed by atoms with Crippen molar-refractivity contribution >= 4 is 17.3 Å². The van der Waals surface area contributed by atoms with Gasteiger partial charge in [0.1, 0.15) is 0 Å². The van der Waals surface area contributed by atoms with E-state index in [0.29, 0.717) is 18.0 Å². The topological polar surface area (TPSA) is 72.7 Å². The summed E-state index contributed by atoms with van der Waals surface area (Å²) >= 11 is 0. The quantitative estimate of drug-likeness (QED) is 0.626. The Kier molecular flexibility index (Phi) is 4.44. The number of nitrogens with zero attached hydrogens (tertiary/aromatic N) is 2. The predicted octanol–water partition coefficient (Wildman–Crippen LogP) is 3.85. The Balaban J connectivity index is 2.05. The minimum atomic E-state index is -0.654. The largest absolute Gasteiger partial charge is 0.478 e. The van der Waals surface area contributed by atoms with Gasteiger partial charge in [-0.3, -0.25) is 14.9 Å². The molecule has 0 spiro atoms. The van der Waals surface area contributed by atoms with Gasteiger partial charge in [0.15, 0.2) is 11.9 Å². The molecule has 6 heteroatoms. The second kappa shape index (κ2) is 6.55. The molecule has 1 amide bonds. The van der Waals surface area contributed by atoms with Gasteiger partial charge in [-0.25, -0.2) is 0 Å². The van der Waals surface area contributed by atoms with Crippen LogP contribution in [0.5, 0.6) is 5.75 Å². The summed E-state index contributed by atoms with van der Waals surface area (Å²) in [6, 6.07) is 12.2. The molecule has 0 bridgehead atoms. The molecule has 1 unspecified atom stereocenters. The molecule has 0 N–H and O–H groups in total. The number of hydrogen-bond donors (Lipinski definition) is 0. The molecule has 0 saturated carbocycles. The monoisotopic (exact) mass is 340 g/mol. The molecule has 130 valence electrons. The molecule has 0 saturated heterocycles. The van der Waals surface area contributed by atoms with Crippen molar-refractivity contribution < 1.29 is 14.5 Å². The number of carbonyl (C=O) groups excluding carboxylic acids is 1. The van der Waals surface area contributed by atoms with Gasteiger partial charge in [0.2, 0.25) is 0 Å². The van der Waals surface area contributed by atoms with Gasteiger partial charge in [-0.15, -0.1) is 0 Å². The highest BCUT2D eigenvalue weighted by Gasteiger charge is 2.37. The van der Waals surface area contributed by atoms with Crippen molar-refractivity contribution in [2.75, 3.05) is 4.90 Å². The first-order chi connectivity index (χ1) is 11.9. The zero-order chi connectivity index (χ0) is 18.1. The summed E-state index contributed by atoms with van der Waals surface area (Å²) in [5.41, 5.74) is 2.64. The molecular formula is C19H20N2O4. The second-order valence-corrected chi connectivity index (χ2v) is 6.54.